The van der Waals surface area contributed by atoms with Crippen LogP contribution in [0.1, 0.15) is 31.2 Å². The van der Waals surface area contributed by atoms with Crippen molar-refractivity contribution in [3.63, 3.8) is 0 Å². The van der Waals surface area contributed by atoms with Gasteiger partial charge >= 0.3 is 0 Å². The lowest BCUT2D eigenvalue weighted by atomic mass is 9.99. The zero-order chi connectivity index (χ0) is 11.4. The second-order valence-corrected chi connectivity index (χ2v) is 4.38. The van der Waals surface area contributed by atoms with Crippen LogP contribution in [0.25, 0.3) is 0 Å². The number of nitrogens with zero attached hydrogens (tertiary/aromatic N) is 1. The van der Waals surface area contributed by atoms with Gasteiger partial charge in [-0.15, -0.1) is 0 Å². The van der Waals surface area contributed by atoms with Crippen LogP contribution in [0.3, 0.4) is 0 Å². The molecule has 3 heteroatoms. The molecular weight excluding hydrogens is 203 g/mol. The Balaban J connectivity index is 1.96. The van der Waals surface area contributed by atoms with E-state index in [0.29, 0.717) is 6.54 Å². The van der Waals surface area contributed by atoms with Crippen LogP contribution in [0.2, 0.25) is 0 Å². The molecule has 0 spiro atoms. The van der Waals surface area contributed by atoms with E-state index in [1.807, 2.05) is 0 Å². The van der Waals surface area contributed by atoms with Crippen molar-refractivity contribution in [2.24, 2.45) is 0 Å². The summed E-state index contributed by atoms with van der Waals surface area (Å²) in [5.74, 6) is -0.223. The summed E-state index contributed by atoms with van der Waals surface area (Å²) in [6, 6.07) is 8.78. The molecule has 2 nitrogen and oxygen atoms in total. The zero-order valence-corrected chi connectivity index (χ0v) is 9.17. The second kappa shape index (κ2) is 4.63. The van der Waals surface area contributed by atoms with Gasteiger partial charge in [-0.25, -0.2) is 4.39 Å². The molecule has 84 valence electrons. The van der Waals surface area contributed by atoms with Crippen molar-refractivity contribution in [2.45, 2.75) is 37.8 Å². The van der Waals surface area contributed by atoms with Gasteiger partial charge in [0.05, 0.1) is 6.07 Å². The fourth-order valence-electron chi connectivity index (χ4n) is 2.18. The average molecular weight is 218 g/mol. The van der Waals surface area contributed by atoms with Crippen LogP contribution in [0.15, 0.2) is 24.3 Å². The Labute approximate surface area is 95.1 Å². The molecule has 0 saturated heterocycles. The molecule has 0 unspecified atom stereocenters. The molecule has 1 fully saturated rings. The van der Waals surface area contributed by atoms with E-state index in [2.05, 4.69) is 11.4 Å². The maximum Gasteiger partial charge on any atom is 0.123 e. The molecule has 0 radical (unpaired) electrons. The van der Waals surface area contributed by atoms with Crippen molar-refractivity contribution in [1.82, 2.24) is 5.32 Å². The van der Waals surface area contributed by atoms with Gasteiger partial charge in [0.15, 0.2) is 0 Å². The highest BCUT2D eigenvalue weighted by Gasteiger charge is 2.32. The van der Waals surface area contributed by atoms with Crippen molar-refractivity contribution in [3.8, 4) is 6.07 Å². The lowest BCUT2D eigenvalue weighted by Gasteiger charge is -2.22. The highest BCUT2D eigenvalue weighted by atomic mass is 19.1. The van der Waals surface area contributed by atoms with E-state index in [-0.39, 0.29) is 11.4 Å². The van der Waals surface area contributed by atoms with Gasteiger partial charge in [0, 0.05) is 6.54 Å². The monoisotopic (exact) mass is 218 g/mol. The first-order chi connectivity index (χ1) is 7.74. The maximum atomic E-state index is 12.7. The summed E-state index contributed by atoms with van der Waals surface area (Å²) in [7, 11) is 0. The predicted octanol–water partition coefficient (Wildman–Crippen LogP) is 2.75. The largest absolute Gasteiger partial charge is 0.295 e. The zero-order valence-electron chi connectivity index (χ0n) is 9.17. The molecule has 0 amide bonds. The molecule has 0 aromatic heterocycles. The topological polar surface area (TPSA) is 35.8 Å². The molecule has 1 N–H and O–H groups in total. The van der Waals surface area contributed by atoms with E-state index < -0.39 is 0 Å². The third-order valence-corrected chi connectivity index (χ3v) is 3.22. The van der Waals surface area contributed by atoms with E-state index in [0.717, 1.165) is 31.2 Å². The van der Waals surface area contributed by atoms with Crippen LogP contribution in [0.4, 0.5) is 4.39 Å². The molecule has 1 aromatic carbocycles. The maximum absolute atomic E-state index is 12.7. The normalized spacial score (nSPS) is 18.2. The number of rotatable bonds is 3. The SMILES string of the molecule is N#CC1(NCc2ccc(F)cc2)CCCC1. The standard InChI is InChI=1S/C13H15FN2/c14-12-5-3-11(4-6-12)9-16-13(10-15)7-1-2-8-13/h3-6,16H,1-2,7-9H2. The van der Waals surface area contributed by atoms with Gasteiger partial charge in [-0.05, 0) is 30.5 Å². The van der Waals surface area contributed by atoms with Gasteiger partial charge in [-0.3, -0.25) is 5.32 Å². The molecule has 1 aliphatic rings. The molecule has 16 heavy (non-hydrogen) atoms. The van der Waals surface area contributed by atoms with E-state index in [1.165, 1.54) is 12.1 Å². The lowest BCUT2D eigenvalue weighted by Crippen LogP contribution is -2.40. The quantitative estimate of drug-likeness (QED) is 0.846. The number of hydrogen-bond donors (Lipinski definition) is 1. The van der Waals surface area contributed by atoms with Gasteiger partial charge in [0.1, 0.15) is 11.4 Å². The van der Waals surface area contributed by atoms with Crippen molar-refractivity contribution < 1.29 is 4.39 Å². The Morgan fingerprint density at radius 2 is 1.88 bits per heavy atom. The molecule has 0 bridgehead atoms. The second-order valence-electron chi connectivity index (χ2n) is 4.38. The number of halogens is 1. The fourth-order valence-corrected chi connectivity index (χ4v) is 2.18. The third kappa shape index (κ3) is 2.40. The predicted molar refractivity (Wildman–Crippen MR) is 60.1 cm³/mol. The summed E-state index contributed by atoms with van der Waals surface area (Å²) >= 11 is 0. The Morgan fingerprint density at radius 1 is 1.25 bits per heavy atom. The van der Waals surface area contributed by atoms with Crippen molar-refractivity contribution in [3.05, 3.63) is 35.6 Å². The number of nitriles is 1. The molecule has 0 aliphatic heterocycles. The van der Waals surface area contributed by atoms with E-state index in [1.54, 1.807) is 12.1 Å². The van der Waals surface area contributed by atoms with Crippen LogP contribution >= 0.6 is 0 Å². The molecule has 1 aromatic rings. The molecule has 2 rings (SSSR count). The molecular formula is C13H15FN2. The Morgan fingerprint density at radius 3 is 2.44 bits per heavy atom. The summed E-state index contributed by atoms with van der Waals surface area (Å²) in [6.45, 7) is 0.633. The number of benzene rings is 1. The summed E-state index contributed by atoms with van der Waals surface area (Å²) in [4.78, 5) is 0. The summed E-state index contributed by atoms with van der Waals surface area (Å²) in [5.41, 5.74) is 0.664. The van der Waals surface area contributed by atoms with E-state index in [4.69, 9.17) is 5.26 Å². The minimum absolute atomic E-state index is 0.223. The highest BCUT2D eigenvalue weighted by Crippen LogP contribution is 2.29. The van der Waals surface area contributed by atoms with Crippen LogP contribution in [0, 0.1) is 17.1 Å². The van der Waals surface area contributed by atoms with Gasteiger partial charge in [-0.2, -0.15) is 5.26 Å². The van der Waals surface area contributed by atoms with Crippen molar-refractivity contribution >= 4 is 0 Å². The minimum Gasteiger partial charge on any atom is -0.295 e. The number of nitrogens with one attached hydrogen (secondary N) is 1. The Kier molecular flexibility index (Phi) is 3.21. The summed E-state index contributed by atoms with van der Waals surface area (Å²) in [6.07, 6.45) is 4.07. The molecule has 1 saturated carbocycles. The van der Waals surface area contributed by atoms with Crippen LogP contribution < -0.4 is 5.32 Å². The minimum atomic E-state index is -0.353. The molecule has 0 heterocycles. The number of hydrogen-bond acceptors (Lipinski definition) is 2. The summed E-state index contributed by atoms with van der Waals surface area (Å²) in [5, 5.41) is 12.5. The highest BCUT2D eigenvalue weighted by molar-refractivity contribution is 5.18. The molecule has 0 atom stereocenters. The van der Waals surface area contributed by atoms with Gasteiger partial charge in [0.2, 0.25) is 0 Å². The Hall–Kier alpha value is -1.40. The van der Waals surface area contributed by atoms with E-state index >= 15 is 0 Å². The smallest absolute Gasteiger partial charge is 0.123 e. The van der Waals surface area contributed by atoms with Crippen molar-refractivity contribution in [2.75, 3.05) is 0 Å². The van der Waals surface area contributed by atoms with Gasteiger partial charge < -0.3 is 0 Å². The van der Waals surface area contributed by atoms with Crippen LogP contribution in [-0.4, -0.2) is 5.54 Å². The lowest BCUT2D eigenvalue weighted by molar-refractivity contribution is 0.421. The molecule has 1 aliphatic carbocycles. The first-order valence-corrected chi connectivity index (χ1v) is 5.65. The van der Waals surface area contributed by atoms with Crippen LogP contribution in [0.5, 0.6) is 0 Å². The first-order valence-electron chi connectivity index (χ1n) is 5.65. The summed E-state index contributed by atoms with van der Waals surface area (Å²) < 4.78 is 12.7. The average Bonchev–Trinajstić information content (AvgIpc) is 2.78. The van der Waals surface area contributed by atoms with E-state index in [9.17, 15) is 4.39 Å². The third-order valence-electron chi connectivity index (χ3n) is 3.22. The van der Waals surface area contributed by atoms with Crippen LogP contribution in [-0.2, 0) is 6.54 Å². The fraction of sp³-hybridized carbons (Fsp3) is 0.462. The van der Waals surface area contributed by atoms with Crippen molar-refractivity contribution in [1.29, 1.82) is 5.26 Å². The van der Waals surface area contributed by atoms with Gasteiger partial charge in [0.25, 0.3) is 0 Å². The van der Waals surface area contributed by atoms with Gasteiger partial charge in [-0.1, -0.05) is 25.0 Å². The Bertz CT molecular complexity index is 385. The first kappa shape index (κ1) is 11.1.